The van der Waals surface area contributed by atoms with E-state index >= 15 is 0 Å². The normalized spacial score (nSPS) is 11.6. The van der Waals surface area contributed by atoms with Crippen molar-refractivity contribution in [2.24, 2.45) is 0 Å². The van der Waals surface area contributed by atoms with Crippen molar-refractivity contribution in [3.63, 3.8) is 0 Å². The number of aliphatic carboxylic acids is 1. The Morgan fingerprint density at radius 3 is 2.48 bits per heavy atom. The zero-order valence-corrected chi connectivity index (χ0v) is 13.1. The standard InChI is InChI=1S/C18H18N2O3/c1-18(2,17(21)22)20-15-11-7-6-10-14(15)19-16(20)12-23-13-8-4-3-5-9-13/h3-11H,12H2,1-2H3,(H,21,22). The maximum absolute atomic E-state index is 11.7. The van der Waals surface area contributed by atoms with E-state index in [1.807, 2.05) is 54.6 Å². The summed E-state index contributed by atoms with van der Waals surface area (Å²) in [7, 11) is 0. The fourth-order valence-electron chi connectivity index (χ4n) is 2.56. The van der Waals surface area contributed by atoms with E-state index in [0.29, 0.717) is 5.82 Å². The molecule has 0 fully saturated rings. The molecule has 0 radical (unpaired) electrons. The number of benzene rings is 2. The maximum atomic E-state index is 11.7. The monoisotopic (exact) mass is 310 g/mol. The van der Waals surface area contributed by atoms with Crippen LogP contribution in [-0.4, -0.2) is 20.6 Å². The molecule has 0 amide bonds. The Kier molecular flexibility index (Phi) is 3.78. The van der Waals surface area contributed by atoms with Gasteiger partial charge in [0.25, 0.3) is 0 Å². The number of rotatable bonds is 5. The van der Waals surface area contributed by atoms with Gasteiger partial charge in [0.05, 0.1) is 11.0 Å². The van der Waals surface area contributed by atoms with Crippen molar-refractivity contribution in [3.8, 4) is 5.75 Å². The van der Waals surface area contributed by atoms with Crippen LogP contribution in [0.3, 0.4) is 0 Å². The summed E-state index contributed by atoms with van der Waals surface area (Å²) in [6, 6.07) is 16.9. The van der Waals surface area contributed by atoms with Gasteiger partial charge in [-0.2, -0.15) is 0 Å². The summed E-state index contributed by atoms with van der Waals surface area (Å²) in [6.07, 6.45) is 0. The van der Waals surface area contributed by atoms with Crippen molar-refractivity contribution in [2.75, 3.05) is 0 Å². The van der Waals surface area contributed by atoms with Crippen LogP contribution in [0.5, 0.6) is 5.75 Å². The second kappa shape index (κ2) is 5.76. The lowest BCUT2D eigenvalue weighted by molar-refractivity contribution is -0.145. The minimum absolute atomic E-state index is 0.204. The van der Waals surface area contributed by atoms with Gasteiger partial charge in [-0.15, -0.1) is 0 Å². The first-order valence-electron chi connectivity index (χ1n) is 7.38. The third kappa shape index (κ3) is 2.77. The summed E-state index contributed by atoms with van der Waals surface area (Å²) < 4.78 is 7.49. The molecule has 5 nitrogen and oxygen atoms in total. The predicted molar refractivity (Wildman–Crippen MR) is 87.5 cm³/mol. The van der Waals surface area contributed by atoms with Gasteiger partial charge in [0.2, 0.25) is 0 Å². The molecule has 0 bridgehead atoms. The Bertz CT molecular complexity index is 838. The summed E-state index contributed by atoms with van der Waals surface area (Å²) >= 11 is 0. The molecule has 1 aromatic heterocycles. The summed E-state index contributed by atoms with van der Waals surface area (Å²) in [6.45, 7) is 3.53. The average molecular weight is 310 g/mol. The molecule has 23 heavy (non-hydrogen) atoms. The lowest BCUT2D eigenvalue weighted by Crippen LogP contribution is -2.37. The molecule has 118 valence electrons. The highest BCUT2D eigenvalue weighted by Crippen LogP contribution is 2.26. The van der Waals surface area contributed by atoms with E-state index in [0.717, 1.165) is 16.8 Å². The van der Waals surface area contributed by atoms with E-state index in [1.165, 1.54) is 0 Å². The van der Waals surface area contributed by atoms with Gasteiger partial charge in [-0.05, 0) is 38.1 Å². The fraction of sp³-hybridized carbons (Fsp3) is 0.222. The summed E-state index contributed by atoms with van der Waals surface area (Å²) in [5, 5.41) is 9.59. The summed E-state index contributed by atoms with van der Waals surface area (Å²) in [4.78, 5) is 16.3. The Morgan fingerprint density at radius 2 is 1.78 bits per heavy atom. The second-order valence-corrected chi connectivity index (χ2v) is 5.82. The molecule has 0 aliphatic rings. The Balaban J connectivity index is 2.04. The molecule has 0 unspecified atom stereocenters. The average Bonchev–Trinajstić information content (AvgIpc) is 2.92. The molecule has 2 aromatic carbocycles. The van der Waals surface area contributed by atoms with Gasteiger partial charge in [-0.1, -0.05) is 30.3 Å². The number of carboxylic acid groups (broad SMARTS) is 1. The van der Waals surface area contributed by atoms with Crippen LogP contribution < -0.4 is 4.74 Å². The number of hydrogen-bond donors (Lipinski definition) is 1. The van der Waals surface area contributed by atoms with Gasteiger partial charge in [-0.25, -0.2) is 9.78 Å². The van der Waals surface area contributed by atoms with Crippen LogP contribution in [0.15, 0.2) is 54.6 Å². The van der Waals surface area contributed by atoms with Crippen molar-refractivity contribution in [2.45, 2.75) is 26.0 Å². The number of hydrogen-bond acceptors (Lipinski definition) is 3. The molecule has 5 heteroatoms. The van der Waals surface area contributed by atoms with Gasteiger partial charge >= 0.3 is 5.97 Å². The molecular formula is C18H18N2O3. The van der Waals surface area contributed by atoms with Crippen LogP contribution in [0.2, 0.25) is 0 Å². The zero-order valence-electron chi connectivity index (χ0n) is 13.1. The van der Waals surface area contributed by atoms with Crippen LogP contribution in [0, 0.1) is 0 Å². The number of fused-ring (bicyclic) bond motifs is 1. The number of ether oxygens (including phenoxy) is 1. The molecule has 3 aromatic rings. The van der Waals surface area contributed by atoms with Gasteiger partial charge in [0.1, 0.15) is 23.7 Å². The molecule has 0 saturated carbocycles. The van der Waals surface area contributed by atoms with Crippen molar-refractivity contribution < 1.29 is 14.6 Å². The van der Waals surface area contributed by atoms with Crippen LogP contribution in [0.4, 0.5) is 0 Å². The minimum atomic E-state index is -1.12. The fourth-order valence-corrected chi connectivity index (χ4v) is 2.56. The molecular weight excluding hydrogens is 292 g/mol. The van der Waals surface area contributed by atoms with Gasteiger partial charge < -0.3 is 14.4 Å². The highest BCUT2D eigenvalue weighted by Gasteiger charge is 2.33. The predicted octanol–water partition coefficient (Wildman–Crippen LogP) is 3.44. The third-order valence-corrected chi connectivity index (χ3v) is 3.82. The largest absolute Gasteiger partial charge is 0.486 e. The SMILES string of the molecule is CC(C)(C(=O)O)n1c(COc2ccccc2)nc2ccccc21. The first-order chi connectivity index (χ1) is 11.0. The lowest BCUT2D eigenvalue weighted by atomic mass is 10.1. The van der Waals surface area contributed by atoms with E-state index in [-0.39, 0.29) is 6.61 Å². The first-order valence-corrected chi connectivity index (χ1v) is 7.38. The minimum Gasteiger partial charge on any atom is -0.486 e. The maximum Gasteiger partial charge on any atom is 0.329 e. The van der Waals surface area contributed by atoms with Gasteiger partial charge in [-0.3, -0.25) is 0 Å². The summed E-state index contributed by atoms with van der Waals surface area (Å²) in [5.41, 5.74) is 0.422. The smallest absolute Gasteiger partial charge is 0.329 e. The Hall–Kier alpha value is -2.82. The molecule has 0 atom stereocenters. The molecule has 0 spiro atoms. The van der Waals surface area contributed by atoms with Gasteiger partial charge in [0, 0.05) is 0 Å². The van der Waals surface area contributed by atoms with Crippen LogP contribution in [-0.2, 0) is 16.9 Å². The third-order valence-electron chi connectivity index (χ3n) is 3.82. The molecule has 1 heterocycles. The van der Waals surface area contributed by atoms with Crippen molar-refractivity contribution in [1.29, 1.82) is 0 Å². The number of aromatic nitrogens is 2. The molecule has 0 saturated heterocycles. The van der Waals surface area contributed by atoms with E-state index in [2.05, 4.69) is 4.98 Å². The van der Waals surface area contributed by atoms with E-state index in [9.17, 15) is 9.90 Å². The first kappa shape index (κ1) is 15.1. The van der Waals surface area contributed by atoms with Gasteiger partial charge in [0.15, 0.2) is 0 Å². The quantitative estimate of drug-likeness (QED) is 0.784. The van der Waals surface area contributed by atoms with Crippen molar-refractivity contribution in [1.82, 2.24) is 9.55 Å². The number of carboxylic acids is 1. The highest BCUT2D eigenvalue weighted by atomic mass is 16.5. The molecule has 0 aliphatic heterocycles. The van der Waals surface area contributed by atoms with E-state index in [4.69, 9.17) is 4.74 Å². The molecule has 3 rings (SSSR count). The Labute approximate surface area is 134 Å². The lowest BCUT2D eigenvalue weighted by Gasteiger charge is -2.24. The van der Waals surface area contributed by atoms with E-state index < -0.39 is 11.5 Å². The second-order valence-electron chi connectivity index (χ2n) is 5.82. The number of carbonyl (C=O) groups is 1. The van der Waals surface area contributed by atoms with Crippen LogP contribution in [0.1, 0.15) is 19.7 Å². The number of imidazole rings is 1. The van der Waals surface area contributed by atoms with Crippen LogP contribution in [0.25, 0.3) is 11.0 Å². The molecule has 1 N–H and O–H groups in total. The number of nitrogens with zero attached hydrogens (tertiary/aromatic N) is 2. The van der Waals surface area contributed by atoms with Crippen LogP contribution >= 0.6 is 0 Å². The summed E-state index contributed by atoms with van der Waals surface area (Å²) in [5.74, 6) is 0.392. The highest BCUT2D eigenvalue weighted by molar-refractivity contribution is 5.82. The zero-order chi connectivity index (χ0) is 16.4. The van der Waals surface area contributed by atoms with Crippen molar-refractivity contribution >= 4 is 17.0 Å². The number of para-hydroxylation sites is 3. The molecule has 0 aliphatic carbocycles. The van der Waals surface area contributed by atoms with Crippen molar-refractivity contribution in [3.05, 3.63) is 60.4 Å². The topological polar surface area (TPSA) is 64.3 Å². The Morgan fingerprint density at radius 1 is 1.13 bits per heavy atom. The van der Waals surface area contributed by atoms with E-state index in [1.54, 1.807) is 18.4 Å².